The molecule has 2 aliphatic heterocycles. The van der Waals surface area contributed by atoms with Crippen molar-refractivity contribution in [3.05, 3.63) is 28.8 Å². The summed E-state index contributed by atoms with van der Waals surface area (Å²) >= 11 is 0. The SMILES string of the molecule is COc1cc(C)cc(C)c1C1=NOC(CC(=O)N2CCOCC2)C1. The monoisotopic (exact) mass is 332 g/mol. The van der Waals surface area contributed by atoms with E-state index in [2.05, 4.69) is 11.2 Å². The van der Waals surface area contributed by atoms with Gasteiger partial charge in [0.05, 0.1) is 32.5 Å². The van der Waals surface area contributed by atoms with Gasteiger partial charge in [-0.3, -0.25) is 4.79 Å². The Hall–Kier alpha value is -2.08. The van der Waals surface area contributed by atoms with Crippen LogP contribution < -0.4 is 4.74 Å². The molecular weight excluding hydrogens is 308 g/mol. The fraction of sp³-hybridized carbons (Fsp3) is 0.556. The average Bonchev–Trinajstić information content (AvgIpc) is 3.02. The van der Waals surface area contributed by atoms with Crippen LogP contribution in [0.25, 0.3) is 0 Å². The summed E-state index contributed by atoms with van der Waals surface area (Å²) in [5.74, 6) is 0.905. The highest BCUT2D eigenvalue weighted by molar-refractivity contribution is 6.05. The number of rotatable bonds is 4. The lowest BCUT2D eigenvalue weighted by Crippen LogP contribution is -2.41. The van der Waals surface area contributed by atoms with Gasteiger partial charge in [0.2, 0.25) is 5.91 Å². The molecule has 1 saturated heterocycles. The third-order valence-electron chi connectivity index (χ3n) is 4.45. The molecular formula is C18H24N2O4. The Kier molecular flexibility index (Phi) is 5.04. The predicted octanol–water partition coefficient (Wildman–Crippen LogP) is 2.05. The third kappa shape index (κ3) is 3.53. The number of morpholine rings is 1. The lowest BCUT2D eigenvalue weighted by atomic mass is 9.96. The van der Waals surface area contributed by atoms with E-state index in [0.717, 1.165) is 28.2 Å². The Morgan fingerprint density at radius 3 is 2.79 bits per heavy atom. The van der Waals surface area contributed by atoms with Crippen molar-refractivity contribution in [1.29, 1.82) is 0 Å². The number of hydrogen-bond acceptors (Lipinski definition) is 5. The van der Waals surface area contributed by atoms with Gasteiger partial charge in [-0.2, -0.15) is 0 Å². The molecule has 1 fully saturated rings. The summed E-state index contributed by atoms with van der Waals surface area (Å²) in [6.07, 6.45) is 0.761. The number of carbonyl (C=O) groups excluding carboxylic acids is 1. The fourth-order valence-electron chi connectivity index (χ4n) is 3.28. The van der Waals surface area contributed by atoms with E-state index in [1.165, 1.54) is 0 Å². The first-order chi connectivity index (χ1) is 11.6. The third-order valence-corrected chi connectivity index (χ3v) is 4.45. The van der Waals surface area contributed by atoms with Crippen molar-refractivity contribution >= 4 is 11.6 Å². The van der Waals surface area contributed by atoms with Crippen molar-refractivity contribution in [2.24, 2.45) is 5.16 Å². The van der Waals surface area contributed by atoms with Gasteiger partial charge in [0.25, 0.3) is 0 Å². The molecule has 1 unspecified atom stereocenters. The number of nitrogens with zero attached hydrogens (tertiary/aromatic N) is 2. The first-order valence-corrected chi connectivity index (χ1v) is 8.32. The van der Waals surface area contributed by atoms with Crippen LogP contribution in [0, 0.1) is 13.8 Å². The number of amides is 1. The van der Waals surface area contributed by atoms with Crippen LogP contribution in [0.1, 0.15) is 29.5 Å². The van der Waals surface area contributed by atoms with Gasteiger partial charge in [-0.1, -0.05) is 11.2 Å². The Morgan fingerprint density at radius 2 is 2.08 bits per heavy atom. The summed E-state index contributed by atoms with van der Waals surface area (Å²) in [7, 11) is 1.66. The van der Waals surface area contributed by atoms with Gasteiger partial charge in [-0.05, 0) is 31.0 Å². The number of benzene rings is 1. The number of methoxy groups -OCH3 is 1. The molecule has 6 nitrogen and oxygen atoms in total. The Labute approximate surface area is 142 Å². The molecule has 0 spiro atoms. The highest BCUT2D eigenvalue weighted by Crippen LogP contribution is 2.30. The van der Waals surface area contributed by atoms with E-state index in [1.54, 1.807) is 7.11 Å². The minimum atomic E-state index is -0.208. The van der Waals surface area contributed by atoms with Crippen LogP contribution >= 0.6 is 0 Å². The van der Waals surface area contributed by atoms with Gasteiger partial charge >= 0.3 is 0 Å². The van der Waals surface area contributed by atoms with Gasteiger partial charge in [0, 0.05) is 25.1 Å². The van der Waals surface area contributed by atoms with E-state index in [0.29, 0.717) is 39.1 Å². The summed E-state index contributed by atoms with van der Waals surface area (Å²) in [6, 6.07) is 4.10. The highest BCUT2D eigenvalue weighted by atomic mass is 16.6. The van der Waals surface area contributed by atoms with Crippen LogP contribution in [0.5, 0.6) is 5.75 Å². The number of oxime groups is 1. The zero-order valence-electron chi connectivity index (χ0n) is 14.5. The zero-order chi connectivity index (χ0) is 17.1. The van der Waals surface area contributed by atoms with Crippen LogP contribution in [-0.4, -0.2) is 56.0 Å². The van der Waals surface area contributed by atoms with Gasteiger partial charge in [-0.25, -0.2) is 0 Å². The van der Waals surface area contributed by atoms with Crippen LogP contribution in [-0.2, 0) is 14.4 Å². The quantitative estimate of drug-likeness (QED) is 0.847. The number of aryl methyl sites for hydroxylation is 2. The van der Waals surface area contributed by atoms with E-state index >= 15 is 0 Å². The molecule has 0 saturated carbocycles. The topological polar surface area (TPSA) is 60.4 Å². The molecule has 2 aliphatic rings. The molecule has 1 atom stereocenters. The minimum Gasteiger partial charge on any atom is -0.496 e. The van der Waals surface area contributed by atoms with Gasteiger partial charge in [-0.15, -0.1) is 0 Å². The number of ether oxygens (including phenoxy) is 2. The zero-order valence-corrected chi connectivity index (χ0v) is 14.5. The van der Waals surface area contributed by atoms with Crippen LogP contribution in [0.4, 0.5) is 0 Å². The summed E-state index contributed by atoms with van der Waals surface area (Å²) in [5.41, 5.74) is 4.08. The standard InChI is InChI=1S/C18H24N2O4/c1-12-8-13(2)18(16(9-12)22-3)15-10-14(24-19-15)11-17(21)20-4-6-23-7-5-20/h8-9,14H,4-7,10-11H2,1-3H3. The highest BCUT2D eigenvalue weighted by Gasteiger charge is 2.29. The summed E-state index contributed by atoms with van der Waals surface area (Å²) in [4.78, 5) is 19.7. The lowest BCUT2D eigenvalue weighted by Gasteiger charge is -2.27. The van der Waals surface area contributed by atoms with E-state index in [-0.39, 0.29) is 12.0 Å². The van der Waals surface area contributed by atoms with Crippen molar-refractivity contribution < 1.29 is 19.1 Å². The van der Waals surface area contributed by atoms with Crippen molar-refractivity contribution in [1.82, 2.24) is 4.90 Å². The second-order valence-electron chi connectivity index (χ2n) is 6.33. The Morgan fingerprint density at radius 1 is 1.33 bits per heavy atom. The maximum atomic E-state index is 12.3. The maximum absolute atomic E-state index is 12.3. The summed E-state index contributed by atoms with van der Waals surface area (Å²) in [5, 5.41) is 4.23. The molecule has 0 bridgehead atoms. The summed E-state index contributed by atoms with van der Waals surface area (Å²) in [6.45, 7) is 6.61. The van der Waals surface area contributed by atoms with Crippen molar-refractivity contribution in [2.45, 2.75) is 32.8 Å². The normalized spacial score (nSPS) is 20.5. The molecule has 130 valence electrons. The fourth-order valence-corrected chi connectivity index (χ4v) is 3.28. The molecule has 2 heterocycles. The molecule has 1 aromatic carbocycles. The predicted molar refractivity (Wildman–Crippen MR) is 90.5 cm³/mol. The smallest absolute Gasteiger partial charge is 0.226 e. The van der Waals surface area contributed by atoms with Crippen molar-refractivity contribution in [2.75, 3.05) is 33.4 Å². The molecule has 3 rings (SSSR count). The lowest BCUT2D eigenvalue weighted by molar-refractivity contribution is -0.137. The van der Waals surface area contributed by atoms with E-state index < -0.39 is 0 Å². The first kappa shape index (κ1) is 16.8. The largest absolute Gasteiger partial charge is 0.496 e. The van der Waals surface area contributed by atoms with Gasteiger partial charge in [0.15, 0.2) is 0 Å². The molecule has 0 radical (unpaired) electrons. The average molecular weight is 332 g/mol. The van der Waals surface area contributed by atoms with Gasteiger partial charge < -0.3 is 19.2 Å². The van der Waals surface area contributed by atoms with Crippen molar-refractivity contribution in [3.63, 3.8) is 0 Å². The second kappa shape index (κ2) is 7.21. The summed E-state index contributed by atoms with van der Waals surface area (Å²) < 4.78 is 10.8. The Balaban J connectivity index is 1.66. The molecule has 0 aromatic heterocycles. The Bertz CT molecular complexity index is 651. The minimum absolute atomic E-state index is 0.104. The van der Waals surface area contributed by atoms with E-state index in [1.807, 2.05) is 24.8 Å². The maximum Gasteiger partial charge on any atom is 0.226 e. The second-order valence-corrected chi connectivity index (χ2v) is 6.33. The van der Waals surface area contributed by atoms with E-state index in [4.69, 9.17) is 14.3 Å². The van der Waals surface area contributed by atoms with Crippen molar-refractivity contribution in [3.8, 4) is 5.75 Å². The van der Waals surface area contributed by atoms with Crippen LogP contribution in [0.2, 0.25) is 0 Å². The van der Waals surface area contributed by atoms with E-state index in [9.17, 15) is 4.79 Å². The first-order valence-electron chi connectivity index (χ1n) is 8.32. The number of carbonyl (C=O) groups is 1. The molecule has 6 heteroatoms. The molecule has 0 aliphatic carbocycles. The molecule has 1 aromatic rings. The molecule has 0 N–H and O–H groups in total. The van der Waals surface area contributed by atoms with Crippen LogP contribution in [0.15, 0.2) is 17.3 Å². The van der Waals surface area contributed by atoms with Crippen LogP contribution in [0.3, 0.4) is 0 Å². The van der Waals surface area contributed by atoms with Gasteiger partial charge in [0.1, 0.15) is 11.9 Å². The molecule has 24 heavy (non-hydrogen) atoms. The molecule has 1 amide bonds. The number of hydrogen-bond donors (Lipinski definition) is 0.